The Morgan fingerprint density at radius 1 is 1.33 bits per heavy atom. The molecule has 0 aromatic rings. The zero-order valence-electron chi connectivity index (χ0n) is 9.29. The first-order valence-electron chi connectivity index (χ1n) is 5.90. The molecule has 0 aromatic heterocycles. The number of amides is 1. The van der Waals surface area contributed by atoms with Crippen molar-refractivity contribution in [1.29, 1.82) is 0 Å². The quantitative estimate of drug-likeness (QED) is 0.644. The van der Waals surface area contributed by atoms with Crippen LogP contribution in [0.15, 0.2) is 0 Å². The third-order valence-corrected chi connectivity index (χ3v) is 3.15. The Hall–Kier alpha value is -0.610. The molecule has 1 heterocycles. The van der Waals surface area contributed by atoms with Gasteiger partial charge in [0, 0.05) is 25.7 Å². The Morgan fingerprint density at radius 2 is 2.13 bits per heavy atom. The predicted octanol–water partition coefficient (Wildman–Crippen LogP) is 0.280. The normalized spacial score (nSPS) is 30.5. The van der Waals surface area contributed by atoms with Crippen molar-refractivity contribution in [2.45, 2.75) is 38.3 Å². The van der Waals surface area contributed by atoms with Crippen LogP contribution in [0, 0.1) is 5.92 Å². The van der Waals surface area contributed by atoms with Crippen molar-refractivity contribution in [1.82, 2.24) is 10.6 Å². The van der Waals surface area contributed by atoms with Crippen molar-refractivity contribution >= 4 is 5.91 Å². The van der Waals surface area contributed by atoms with Crippen LogP contribution in [0.3, 0.4) is 0 Å². The third-order valence-electron chi connectivity index (χ3n) is 3.15. The van der Waals surface area contributed by atoms with E-state index in [4.69, 9.17) is 4.74 Å². The molecule has 15 heavy (non-hydrogen) atoms. The average Bonchev–Trinajstić information content (AvgIpc) is 2.94. The van der Waals surface area contributed by atoms with Gasteiger partial charge in [0.1, 0.15) is 0 Å². The number of ether oxygens (including phenoxy) is 1. The van der Waals surface area contributed by atoms with Crippen molar-refractivity contribution in [2.24, 2.45) is 5.92 Å². The lowest BCUT2D eigenvalue weighted by Gasteiger charge is -2.14. The molecule has 1 amide bonds. The maximum absolute atomic E-state index is 11.7. The molecule has 4 heteroatoms. The first-order valence-corrected chi connectivity index (χ1v) is 5.90. The van der Waals surface area contributed by atoms with Crippen LogP contribution >= 0.6 is 0 Å². The summed E-state index contributed by atoms with van der Waals surface area (Å²) < 4.78 is 5.36. The number of hydrogen-bond acceptors (Lipinski definition) is 3. The summed E-state index contributed by atoms with van der Waals surface area (Å²) in [5, 5.41) is 6.32. The van der Waals surface area contributed by atoms with Gasteiger partial charge in [-0.15, -0.1) is 0 Å². The minimum Gasteiger partial charge on any atom is -0.378 e. The summed E-state index contributed by atoms with van der Waals surface area (Å²) in [7, 11) is 0. The lowest BCUT2D eigenvalue weighted by molar-refractivity contribution is -0.126. The second-order valence-electron chi connectivity index (χ2n) is 4.49. The maximum atomic E-state index is 11.7. The van der Waals surface area contributed by atoms with Crippen molar-refractivity contribution < 1.29 is 9.53 Å². The van der Waals surface area contributed by atoms with Gasteiger partial charge in [-0.3, -0.25) is 4.79 Å². The van der Waals surface area contributed by atoms with Crippen LogP contribution in [0.1, 0.15) is 26.2 Å². The van der Waals surface area contributed by atoms with E-state index in [1.807, 2.05) is 6.92 Å². The van der Waals surface area contributed by atoms with Crippen LogP contribution in [0.5, 0.6) is 0 Å². The van der Waals surface area contributed by atoms with Crippen LogP contribution in [0.25, 0.3) is 0 Å². The van der Waals surface area contributed by atoms with Crippen molar-refractivity contribution in [3.8, 4) is 0 Å². The molecule has 2 N–H and O–H groups in total. The summed E-state index contributed by atoms with van der Waals surface area (Å²) in [6.07, 6.45) is 3.53. The fraction of sp³-hybridized carbons (Fsp3) is 0.909. The number of nitrogens with one attached hydrogen (secondary N) is 2. The second kappa shape index (κ2) is 4.94. The molecular formula is C11H20N2O2. The smallest absolute Gasteiger partial charge is 0.225 e. The summed E-state index contributed by atoms with van der Waals surface area (Å²) in [6.45, 7) is 4.32. The zero-order chi connectivity index (χ0) is 10.7. The molecule has 2 rings (SSSR count). The van der Waals surface area contributed by atoms with E-state index in [-0.39, 0.29) is 17.9 Å². The molecule has 2 fully saturated rings. The van der Waals surface area contributed by atoms with Crippen LogP contribution < -0.4 is 10.6 Å². The van der Waals surface area contributed by atoms with Crippen molar-refractivity contribution in [2.75, 3.05) is 19.7 Å². The average molecular weight is 212 g/mol. The first kappa shape index (κ1) is 10.9. The highest BCUT2D eigenvalue weighted by Gasteiger charge is 2.30. The summed E-state index contributed by atoms with van der Waals surface area (Å²) in [4.78, 5) is 11.7. The molecule has 1 saturated carbocycles. The number of hydrogen-bond donors (Lipinski definition) is 2. The van der Waals surface area contributed by atoms with E-state index in [0.717, 1.165) is 32.2 Å². The molecule has 2 unspecified atom stereocenters. The van der Waals surface area contributed by atoms with Gasteiger partial charge in [-0.25, -0.2) is 0 Å². The standard InChI is InChI=1S/C11H20N2O2/c1-8-10(4-7-15-8)11(14)13-6-5-12-9-2-3-9/h8-10,12H,2-7H2,1H3,(H,13,14). The topological polar surface area (TPSA) is 50.4 Å². The van der Waals surface area contributed by atoms with Crippen molar-refractivity contribution in [3.63, 3.8) is 0 Å². The summed E-state index contributed by atoms with van der Waals surface area (Å²) in [5.41, 5.74) is 0. The third kappa shape index (κ3) is 3.18. The maximum Gasteiger partial charge on any atom is 0.225 e. The molecule has 0 spiro atoms. The number of rotatable bonds is 5. The molecule has 86 valence electrons. The zero-order valence-corrected chi connectivity index (χ0v) is 9.29. The molecule has 0 bridgehead atoms. The van der Waals surface area contributed by atoms with Gasteiger partial charge in [0.25, 0.3) is 0 Å². The predicted molar refractivity (Wildman–Crippen MR) is 57.6 cm³/mol. The molecule has 0 radical (unpaired) electrons. The second-order valence-corrected chi connectivity index (χ2v) is 4.49. The lowest BCUT2D eigenvalue weighted by atomic mass is 10.0. The monoisotopic (exact) mass is 212 g/mol. The van der Waals surface area contributed by atoms with Gasteiger partial charge in [0.2, 0.25) is 5.91 Å². The van der Waals surface area contributed by atoms with Gasteiger partial charge in [-0.2, -0.15) is 0 Å². The van der Waals surface area contributed by atoms with Gasteiger partial charge < -0.3 is 15.4 Å². The van der Waals surface area contributed by atoms with E-state index < -0.39 is 0 Å². The summed E-state index contributed by atoms with van der Waals surface area (Å²) in [5.74, 6) is 0.212. The largest absolute Gasteiger partial charge is 0.378 e. The van der Waals surface area contributed by atoms with Crippen LogP contribution in [-0.4, -0.2) is 37.7 Å². The Balaban J connectivity index is 1.58. The molecule has 1 aliphatic heterocycles. The van der Waals surface area contributed by atoms with Gasteiger partial charge in [-0.1, -0.05) is 0 Å². The summed E-state index contributed by atoms with van der Waals surface area (Å²) >= 11 is 0. The Bertz CT molecular complexity index is 229. The fourth-order valence-corrected chi connectivity index (χ4v) is 1.96. The fourth-order valence-electron chi connectivity index (χ4n) is 1.96. The Labute approximate surface area is 90.8 Å². The van der Waals surface area contributed by atoms with Gasteiger partial charge in [-0.05, 0) is 26.2 Å². The van der Waals surface area contributed by atoms with Gasteiger partial charge in [0.15, 0.2) is 0 Å². The SMILES string of the molecule is CC1OCCC1C(=O)NCCNC1CC1. The Kier molecular flexibility index (Phi) is 3.59. The van der Waals surface area contributed by atoms with E-state index in [9.17, 15) is 4.79 Å². The van der Waals surface area contributed by atoms with E-state index in [1.165, 1.54) is 12.8 Å². The first-order chi connectivity index (χ1) is 7.27. The van der Waals surface area contributed by atoms with E-state index in [0.29, 0.717) is 0 Å². The lowest BCUT2D eigenvalue weighted by Crippen LogP contribution is -2.38. The minimum absolute atomic E-state index is 0.0610. The highest BCUT2D eigenvalue weighted by atomic mass is 16.5. The number of carbonyl (C=O) groups excluding carboxylic acids is 1. The summed E-state index contributed by atoms with van der Waals surface area (Å²) in [6, 6.07) is 0.718. The van der Waals surface area contributed by atoms with E-state index >= 15 is 0 Å². The highest BCUT2D eigenvalue weighted by molar-refractivity contribution is 5.79. The van der Waals surface area contributed by atoms with Gasteiger partial charge in [0.05, 0.1) is 12.0 Å². The Morgan fingerprint density at radius 3 is 2.73 bits per heavy atom. The van der Waals surface area contributed by atoms with Crippen LogP contribution in [-0.2, 0) is 9.53 Å². The molecule has 4 nitrogen and oxygen atoms in total. The van der Waals surface area contributed by atoms with Crippen LogP contribution in [0.2, 0.25) is 0 Å². The van der Waals surface area contributed by atoms with E-state index in [2.05, 4.69) is 10.6 Å². The molecule has 2 aliphatic rings. The number of carbonyl (C=O) groups is 1. The molecule has 0 aromatic carbocycles. The van der Waals surface area contributed by atoms with Gasteiger partial charge >= 0.3 is 0 Å². The van der Waals surface area contributed by atoms with Crippen molar-refractivity contribution in [3.05, 3.63) is 0 Å². The molecular weight excluding hydrogens is 192 g/mol. The molecule has 1 aliphatic carbocycles. The molecule has 1 saturated heterocycles. The highest BCUT2D eigenvalue weighted by Crippen LogP contribution is 2.20. The van der Waals surface area contributed by atoms with E-state index in [1.54, 1.807) is 0 Å². The molecule has 2 atom stereocenters. The van der Waals surface area contributed by atoms with Crippen LogP contribution in [0.4, 0.5) is 0 Å². The minimum atomic E-state index is 0.0610.